The Balaban J connectivity index is 1.83. The average molecular weight is 329 g/mol. The summed E-state index contributed by atoms with van der Waals surface area (Å²) in [6, 6.07) is 4.31. The van der Waals surface area contributed by atoms with Crippen LogP contribution >= 0.6 is 22.9 Å². The summed E-state index contributed by atoms with van der Waals surface area (Å²) < 4.78 is 18.6. The van der Waals surface area contributed by atoms with Crippen LogP contribution in [0.15, 0.2) is 23.6 Å². The maximum atomic E-state index is 13.0. The molecular formula is C15H18ClFN2OS. The molecule has 0 atom stereocenters. The number of nitrogens with one attached hydrogen (secondary N) is 1. The molecule has 0 aliphatic rings. The van der Waals surface area contributed by atoms with Crippen molar-refractivity contribution in [3.05, 3.63) is 45.1 Å². The maximum absolute atomic E-state index is 13.0. The molecule has 0 amide bonds. The topological polar surface area (TPSA) is 34.2 Å². The average Bonchev–Trinajstić information content (AvgIpc) is 2.88. The molecule has 1 aromatic heterocycles. The van der Waals surface area contributed by atoms with E-state index in [1.54, 1.807) is 17.4 Å². The molecule has 0 aliphatic heterocycles. The fourth-order valence-corrected chi connectivity index (χ4v) is 2.61. The second-order valence-electron chi connectivity index (χ2n) is 5.12. The molecule has 3 nitrogen and oxygen atoms in total. The molecule has 6 heteroatoms. The number of rotatable bonds is 7. The Kier molecular flexibility index (Phi) is 5.96. The lowest BCUT2D eigenvalue weighted by atomic mass is 10.2. The number of aromatic nitrogens is 1. The monoisotopic (exact) mass is 328 g/mol. The minimum Gasteiger partial charge on any atom is -0.487 e. The van der Waals surface area contributed by atoms with Gasteiger partial charge in [0.25, 0.3) is 0 Å². The second kappa shape index (κ2) is 7.73. The van der Waals surface area contributed by atoms with Crippen molar-refractivity contribution in [3.63, 3.8) is 0 Å². The summed E-state index contributed by atoms with van der Waals surface area (Å²) in [6.45, 7) is 6.43. The molecule has 2 aromatic rings. The van der Waals surface area contributed by atoms with Crippen molar-refractivity contribution < 1.29 is 9.13 Å². The molecule has 21 heavy (non-hydrogen) atoms. The Morgan fingerprint density at radius 2 is 2.24 bits per heavy atom. The second-order valence-corrected chi connectivity index (χ2v) is 6.47. The first kappa shape index (κ1) is 16.2. The minimum absolute atomic E-state index is 0.0596. The highest BCUT2D eigenvalue weighted by atomic mass is 35.5. The van der Waals surface area contributed by atoms with Crippen LogP contribution in [0.4, 0.5) is 4.39 Å². The van der Waals surface area contributed by atoms with Crippen molar-refractivity contribution in [2.45, 2.75) is 27.0 Å². The van der Waals surface area contributed by atoms with Gasteiger partial charge in [0.1, 0.15) is 23.2 Å². The van der Waals surface area contributed by atoms with Gasteiger partial charge in [0.15, 0.2) is 0 Å². The fraction of sp³-hybridized carbons (Fsp3) is 0.400. The van der Waals surface area contributed by atoms with Crippen molar-refractivity contribution in [2.24, 2.45) is 5.92 Å². The third-order valence-corrected chi connectivity index (χ3v) is 3.89. The SMILES string of the molecule is CC(C)CNCc1nc(COc2ccc(F)c(Cl)c2)cs1. The molecule has 0 radical (unpaired) electrons. The van der Waals surface area contributed by atoms with E-state index in [-0.39, 0.29) is 5.02 Å². The van der Waals surface area contributed by atoms with Crippen LogP contribution in [-0.2, 0) is 13.2 Å². The number of thiazole rings is 1. The highest BCUT2D eigenvalue weighted by Gasteiger charge is 2.05. The van der Waals surface area contributed by atoms with E-state index in [1.165, 1.54) is 12.1 Å². The number of hydrogen-bond donors (Lipinski definition) is 1. The zero-order valence-electron chi connectivity index (χ0n) is 12.0. The largest absolute Gasteiger partial charge is 0.487 e. The number of ether oxygens (including phenoxy) is 1. The molecule has 1 aromatic carbocycles. The molecule has 0 unspecified atom stereocenters. The van der Waals surface area contributed by atoms with Gasteiger partial charge in [0.2, 0.25) is 0 Å². The van der Waals surface area contributed by atoms with Crippen LogP contribution in [0.1, 0.15) is 24.5 Å². The first-order chi connectivity index (χ1) is 10.0. The van der Waals surface area contributed by atoms with Crippen molar-refractivity contribution in [1.82, 2.24) is 10.3 Å². The summed E-state index contributed by atoms with van der Waals surface area (Å²) in [5.41, 5.74) is 0.863. The van der Waals surface area contributed by atoms with E-state index in [1.807, 2.05) is 5.38 Å². The molecule has 0 bridgehead atoms. The zero-order valence-corrected chi connectivity index (χ0v) is 13.6. The van der Waals surface area contributed by atoms with Gasteiger partial charge in [0.05, 0.1) is 10.7 Å². The zero-order chi connectivity index (χ0) is 15.2. The number of halogens is 2. The smallest absolute Gasteiger partial charge is 0.142 e. The van der Waals surface area contributed by atoms with Crippen molar-refractivity contribution in [2.75, 3.05) is 6.54 Å². The van der Waals surface area contributed by atoms with Gasteiger partial charge in [0, 0.05) is 18.0 Å². The Hall–Kier alpha value is -1.17. The van der Waals surface area contributed by atoms with Gasteiger partial charge in [-0.05, 0) is 24.6 Å². The molecule has 1 N–H and O–H groups in total. The molecule has 0 fully saturated rings. The van der Waals surface area contributed by atoms with Crippen molar-refractivity contribution >= 4 is 22.9 Å². The van der Waals surface area contributed by atoms with Gasteiger partial charge < -0.3 is 10.1 Å². The third-order valence-electron chi connectivity index (χ3n) is 2.71. The van der Waals surface area contributed by atoms with E-state index in [4.69, 9.17) is 16.3 Å². The van der Waals surface area contributed by atoms with E-state index < -0.39 is 5.82 Å². The fourth-order valence-electron chi connectivity index (χ4n) is 1.69. The van der Waals surface area contributed by atoms with Gasteiger partial charge in [-0.15, -0.1) is 11.3 Å². The summed E-state index contributed by atoms with van der Waals surface area (Å²) in [4.78, 5) is 4.49. The van der Waals surface area contributed by atoms with Crippen LogP contribution in [0.3, 0.4) is 0 Å². The van der Waals surface area contributed by atoms with E-state index in [0.717, 1.165) is 23.8 Å². The standard InChI is InChI=1S/C15H18ClFN2OS/c1-10(2)6-18-7-15-19-11(9-21-15)8-20-12-3-4-14(17)13(16)5-12/h3-5,9-10,18H,6-8H2,1-2H3. The summed E-state index contributed by atoms with van der Waals surface area (Å²) in [6.07, 6.45) is 0. The lowest BCUT2D eigenvalue weighted by Gasteiger charge is -2.05. The van der Waals surface area contributed by atoms with Crippen molar-refractivity contribution in [3.8, 4) is 5.75 Å². The molecule has 0 saturated carbocycles. The van der Waals surface area contributed by atoms with Gasteiger partial charge in [-0.1, -0.05) is 25.4 Å². The molecule has 2 rings (SSSR count). The maximum Gasteiger partial charge on any atom is 0.142 e. The predicted octanol–water partition coefficient (Wildman–Crippen LogP) is 4.26. The van der Waals surface area contributed by atoms with E-state index >= 15 is 0 Å². The summed E-state index contributed by atoms with van der Waals surface area (Å²) in [7, 11) is 0. The van der Waals surface area contributed by atoms with Crippen LogP contribution in [0.2, 0.25) is 5.02 Å². The Labute approximate surface area is 133 Å². The van der Waals surface area contributed by atoms with Crippen LogP contribution in [0, 0.1) is 11.7 Å². The van der Waals surface area contributed by atoms with Crippen LogP contribution < -0.4 is 10.1 Å². The van der Waals surface area contributed by atoms with Crippen LogP contribution in [-0.4, -0.2) is 11.5 Å². The van der Waals surface area contributed by atoms with Crippen molar-refractivity contribution in [1.29, 1.82) is 0 Å². The van der Waals surface area contributed by atoms with Crippen LogP contribution in [0.5, 0.6) is 5.75 Å². The quantitative estimate of drug-likeness (QED) is 0.824. The molecule has 114 valence electrons. The highest BCUT2D eigenvalue weighted by Crippen LogP contribution is 2.22. The number of benzene rings is 1. The van der Waals surface area contributed by atoms with Gasteiger partial charge >= 0.3 is 0 Å². The van der Waals surface area contributed by atoms with Gasteiger partial charge in [-0.25, -0.2) is 9.37 Å². The molecule has 1 heterocycles. The number of nitrogens with zero attached hydrogens (tertiary/aromatic N) is 1. The minimum atomic E-state index is -0.448. The van der Waals surface area contributed by atoms with Gasteiger partial charge in [-0.2, -0.15) is 0 Å². The van der Waals surface area contributed by atoms with Crippen LogP contribution in [0.25, 0.3) is 0 Å². The molecule has 0 spiro atoms. The summed E-state index contributed by atoms with van der Waals surface area (Å²) >= 11 is 7.31. The first-order valence-electron chi connectivity index (χ1n) is 6.76. The highest BCUT2D eigenvalue weighted by molar-refractivity contribution is 7.09. The third kappa shape index (κ3) is 5.26. The predicted molar refractivity (Wildman–Crippen MR) is 84.4 cm³/mol. The molecular weight excluding hydrogens is 311 g/mol. The Morgan fingerprint density at radius 3 is 2.95 bits per heavy atom. The van der Waals surface area contributed by atoms with E-state index in [2.05, 4.69) is 24.1 Å². The van der Waals surface area contributed by atoms with E-state index in [0.29, 0.717) is 18.3 Å². The lowest BCUT2D eigenvalue weighted by Crippen LogP contribution is -2.18. The Morgan fingerprint density at radius 1 is 1.43 bits per heavy atom. The summed E-state index contributed by atoms with van der Waals surface area (Å²) in [5, 5.41) is 6.41. The lowest BCUT2D eigenvalue weighted by molar-refractivity contribution is 0.301. The van der Waals surface area contributed by atoms with E-state index in [9.17, 15) is 4.39 Å². The Bertz CT molecular complexity index is 589. The normalized spacial score (nSPS) is 11.1. The number of hydrogen-bond acceptors (Lipinski definition) is 4. The summed E-state index contributed by atoms with van der Waals surface area (Å²) in [5.74, 6) is 0.709. The molecule has 0 aliphatic carbocycles. The van der Waals surface area contributed by atoms with Gasteiger partial charge in [-0.3, -0.25) is 0 Å². The molecule has 0 saturated heterocycles. The first-order valence-corrected chi connectivity index (χ1v) is 8.02.